The molecule has 2 rings (SSSR count). The molecule has 8 heteroatoms. The Morgan fingerprint density at radius 3 is 2.71 bits per heavy atom. The van der Waals surface area contributed by atoms with Crippen LogP contribution in [0.4, 0.5) is 19.3 Å². The van der Waals surface area contributed by atoms with Gasteiger partial charge in [-0.25, -0.2) is 4.79 Å². The lowest BCUT2D eigenvalue weighted by atomic mass is 10.1. The summed E-state index contributed by atoms with van der Waals surface area (Å²) in [4.78, 5) is 12.2. The quantitative estimate of drug-likeness (QED) is 0.845. The molecule has 2 N–H and O–H groups in total. The van der Waals surface area contributed by atoms with Crippen molar-refractivity contribution >= 4 is 11.7 Å². The number of hydrogen-bond donors (Lipinski definition) is 2. The number of nitrogens with zero attached hydrogens (tertiary/aromatic N) is 2. The van der Waals surface area contributed by atoms with E-state index in [0.717, 1.165) is 5.56 Å². The number of halogens is 2. The minimum Gasteiger partial charge on any atom is -0.435 e. The zero-order valence-corrected chi connectivity index (χ0v) is 13.7. The first-order chi connectivity index (χ1) is 11.4. The van der Waals surface area contributed by atoms with E-state index in [4.69, 9.17) is 0 Å². The number of carbonyl (C=O) groups excluding carboxylic acids is 1. The first-order valence-corrected chi connectivity index (χ1v) is 7.50. The van der Waals surface area contributed by atoms with Crippen LogP contribution in [0.15, 0.2) is 30.6 Å². The molecule has 0 fully saturated rings. The Hall–Kier alpha value is -2.64. The summed E-state index contributed by atoms with van der Waals surface area (Å²) in [5, 5.41) is 9.67. The summed E-state index contributed by atoms with van der Waals surface area (Å²) in [6.07, 6.45) is 4.26. The second-order valence-corrected chi connectivity index (χ2v) is 5.36. The van der Waals surface area contributed by atoms with Crippen LogP contribution in [0.1, 0.15) is 30.5 Å². The Labute approximate surface area is 138 Å². The van der Waals surface area contributed by atoms with Crippen molar-refractivity contribution in [3.05, 3.63) is 41.7 Å². The summed E-state index contributed by atoms with van der Waals surface area (Å²) in [6.45, 7) is 0.780. The summed E-state index contributed by atoms with van der Waals surface area (Å²) in [5.74, 6) is 0.0512. The van der Waals surface area contributed by atoms with Gasteiger partial charge in [0.25, 0.3) is 0 Å². The molecule has 2 aromatic rings. The number of carbonyl (C=O) groups is 1. The first-order valence-electron chi connectivity index (χ1n) is 7.50. The van der Waals surface area contributed by atoms with Crippen molar-refractivity contribution in [1.82, 2.24) is 15.1 Å². The molecule has 0 unspecified atom stereocenters. The van der Waals surface area contributed by atoms with Crippen LogP contribution in [0.25, 0.3) is 0 Å². The molecule has 0 aliphatic heterocycles. The van der Waals surface area contributed by atoms with Gasteiger partial charge in [-0.2, -0.15) is 13.9 Å². The van der Waals surface area contributed by atoms with E-state index in [1.54, 1.807) is 17.8 Å². The maximum Gasteiger partial charge on any atom is 0.387 e. The predicted molar refractivity (Wildman–Crippen MR) is 86.2 cm³/mol. The van der Waals surface area contributed by atoms with E-state index >= 15 is 0 Å². The summed E-state index contributed by atoms with van der Waals surface area (Å²) in [6, 6.07) is 3.81. The highest BCUT2D eigenvalue weighted by atomic mass is 19.3. The van der Waals surface area contributed by atoms with E-state index in [9.17, 15) is 13.6 Å². The molecule has 130 valence electrons. The summed E-state index contributed by atoms with van der Waals surface area (Å²) >= 11 is 0. The van der Waals surface area contributed by atoms with E-state index in [1.807, 2.05) is 20.2 Å². The number of ether oxygens (including phenoxy) is 1. The molecular weight excluding hydrogens is 318 g/mol. The maximum atomic E-state index is 12.2. The number of nitrogens with one attached hydrogen (secondary N) is 2. The van der Waals surface area contributed by atoms with Crippen molar-refractivity contribution in [2.75, 3.05) is 5.32 Å². The number of amides is 2. The molecule has 2 amide bonds. The number of hydrogen-bond acceptors (Lipinski definition) is 3. The molecule has 1 atom stereocenters. The van der Waals surface area contributed by atoms with Gasteiger partial charge in [0.2, 0.25) is 0 Å². The topological polar surface area (TPSA) is 68.2 Å². The number of urea groups is 1. The third kappa shape index (κ3) is 4.68. The normalized spacial score (nSPS) is 12.1. The monoisotopic (exact) mass is 338 g/mol. The number of anilines is 1. The third-order valence-electron chi connectivity index (χ3n) is 3.51. The molecule has 0 saturated heterocycles. The molecule has 0 aliphatic carbocycles. The Bertz CT molecular complexity index is 703. The average Bonchev–Trinajstić information content (AvgIpc) is 2.93. The molecule has 0 spiro atoms. The largest absolute Gasteiger partial charge is 0.435 e. The van der Waals surface area contributed by atoms with Crippen LogP contribution >= 0.6 is 0 Å². The van der Waals surface area contributed by atoms with Gasteiger partial charge in [0.1, 0.15) is 5.75 Å². The van der Waals surface area contributed by atoms with Crippen LogP contribution in [0.3, 0.4) is 0 Å². The van der Waals surface area contributed by atoms with Crippen molar-refractivity contribution in [3.8, 4) is 5.75 Å². The van der Waals surface area contributed by atoms with Gasteiger partial charge in [-0.3, -0.25) is 4.68 Å². The van der Waals surface area contributed by atoms with Crippen molar-refractivity contribution in [1.29, 1.82) is 0 Å². The Morgan fingerprint density at radius 2 is 2.17 bits per heavy atom. The fraction of sp³-hybridized carbons (Fsp3) is 0.375. The lowest BCUT2D eigenvalue weighted by molar-refractivity contribution is -0.0498. The van der Waals surface area contributed by atoms with Gasteiger partial charge in [-0.05, 0) is 37.1 Å². The molecular formula is C16H20F2N4O2. The molecule has 0 bridgehead atoms. The van der Waals surface area contributed by atoms with Gasteiger partial charge >= 0.3 is 12.6 Å². The van der Waals surface area contributed by atoms with E-state index in [1.165, 1.54) is 18.2 Å². The van der Waals surface area contributed by atoms with Crippen LogP contribution in [0.5, 0.6) is 5.75 Å². The van der Waals surface area contributed by atoms with Crippen molar-refractivity contribution < 1.29 is 18.3 Å². The molecule has 1 aromatic carbocycles. The fourth-order valence-corrected chi connectivity index (χ4v) is 2.31. The summed E-state index contributed by atoms with van der Waals surface area (Å²) in [5.41, 5.74) is 2.06. The van der Waals surface area contributed by atoms with Gasteiger partial charge in [0.15, 0.2) is 0 Å². The van der Waals surface area contributed by atoms with Crippen LogP contribution in [-0.4, -0.2) is 22.4 Å². The number of aryl methyl sites for hydroxylation is 2. The fourth-order valence-electron chi connectivity index (χ4n) is 2.31. The summed E-state index contributed by atoms with van der Waals surface area (Å²) in [7, 11) is 1.81. The van der Waals surface area contributed by atoms with Gasteiger partial charge in [-0.15, -0.1) is 0 Å². The number of benzene rings is 1. The van der Waals surface area contributed by atoms with Gasteiger partial charge in [-0.1, -0.05) is 6.92 Å². The molecule has 0 radical (unpaired) electrons. The van der Waals surface area contributed by atoms with Crippen LogP contribution in [0, 0.1) is 6.92 Å². The minimum absolute atomic E-state index is 0.0512. The number of alkyl halides is 2. The lowest BCUT2D eigenvalue weighted by Gasteiger charge is -2.17. The second kappa shape index (κ2) is 7.76. The van der Waals surface area contributed by atoms with Crippen molar-refractivity contribution in [2.45, 2.75) is 32.9 Å². The zero-order chi connectivity index (χ0) is 17.7. The second-order valence-electron chi connectivity index (χ2n) is 5.36. The highest BCUT2D eigenvalue weighted by molar-refractivity contribution is 5.90. The van der Waals surface area contributed by atoms with Gasteiger partial charge < -0.3 is 15.4 Å². The standard InChI is InChI=1S/C16H20F2N4O2/c1-4-13(11-8-19-22(3)9-11)20-16(23)21-14-6-5-12(7-10(14)2)24-15(17)18/h5-9,13,15H,4H2,1-3H3,(H2,20,21,23)/t13-/m1/s1. The molecule has 1 heterocycles. The third-order valence-corrected chi connectivity index (χ3v) is 3.51. The smallest absolute Gasteiger partial charge is 0.387 e. The van der Waals surface area contributed by atoms with E-state index < -0.39 is 6.61 Å². The Morgan fingerprint density at radius 1 is 1.42 bits per heavy atom. The molecule has 6 nitrogen and oxygen atoms in total. The van der Waals surface area contributed by atoms with E-state index in [-0.39, 0.29) is 17.8 Å². The first kappa shape index (κ1) is 17.7. The van der Waals surface area contributed by atoms with Crippen LogP contribution in [-0.2, 0) is 7.05 Å². The molecule has 24 heavy (non-hydrogen) atoms. The van der Waals surface area contributed by atoms with Crippen LogP contribution in [0.2, 0.25) is 0 Å². The minimum atomic E-state index is -2.88. The van der Waals surface area contributed by atoms with E-state index in [0.29, 0.717) is 17.7 Å². The predicted octanol–water partition coefficient (Wildman–Crippen LogP) is 3.60. The maximum absolute atomic E-state index is 12.2. The number of aromatic nitrogens is 2. The lowest BCUT2D eigenvalue weighted by Crippen LogP contribution is -2.32. The molecule has 0 saturated carbocycles. The van der Waals surface area contributed by atoms with Gasteiger partial charge in [0, 0.05) is 24.5 Å². The Balaban J connectivity index is 2.01. The SMILES string of the molecule is CC[C@@H](NC(=O)Nc1ccc(OC(F)F)cc1C)c1cnn(C)c1. The molecule has 0 aliphatic rings. The summed E-state index contributed by atoms with van der Waals surface area (Å²) < 4.78 is 30.4. The zero-order valence-electron chi connectivity index (χ0n) is 13.7. The highest BCUT2D eigenvalue weighted by Crippen LogP contribution is 2.23. The van der Waals surface area contributed by atoms with E-state index in [2.05, 4.69) is 20.5 Å². The van der Waals surface area contributed by atoms with Crippen LogP contribution < -0.4 is 15.4 Å². The van der Waals surface area contributed by atoms with Crippen molar-refractivity contribution in [3.63, 3.8) is 0 Å². The van der Waals surface area contributed by atoms with Gasteiger partial charge in [0.05, 0.1) is 12.2 Å². The number of rotatable bonds is 6. The Kier molecular flexibility index (Phi) is 5.73. The molecule has 1 aromatic heterocycles. The average molecular weight is 338 g/mol. The van der Waals surface area contributed by atoms with Crippen molar-refractivity contribution in [2.24, 2.45) is 7.05 Å². The highest BCUT2D eigenvalue weighted by Gasteiger charge is 2.15.